The molecular weight excluding hydrogens is 318 g/mol. The second-order valence-electron chi connectivity index (χ2n) is 5.14. The van der Waals surface area contributed by atoms with Crippen molar-refractivity contribution in [1.82, 2.24) is 15.3 Å². The second-order valence-corrected chi connectivity index (χ2v) is 5.14. The summed E-state index contributed by atoms with van der Waals surface area (Å²) >= 11 is 0. The molecule has 124 valence electrons. The zero-order chi connectivity index (χ0) is 17.6. The van der Waals surface area contributed by atoms with Crippen molar-refractivity contribution in [1.29, 1.82) is 0 Å². The lowest BCUT2D eigenvalue weighted by atomic mass is 10.1. The van der Waals surface area contributed by atoms with E-state index in [1.807, 2.05) is 18.2 Å². The standard InChI is InChI=1S/C19H15N3O3/c1-25-17-8-11-20-16-7-6-13(12-15(16)17)4-2-9-21-18(23)14-5-3-10-22-19(14)24/h3,5-8,10-12H,9H2,1H3,(H,21,23)(H,22,24). The molecule has 0 fully saturated rings. The minimum atomic E-state index is -0.458. The van der Waals surface area contributed by atoms with E-state index in [2.05, 4.69) is 27.1 Å². The quantitative estimate of drug-likeness (QED) is 0.715. The molecule has 0 aliphatic carbocycles. The van der Waals surface area contributed by atoms with E-state index in [1.165, 1.54) is 12.3 Å². The van der Waals surface area contributed by atoms with Crippen LogP contribution in [0.5, 0.6) is 5.75 Å². The predicted molar refractivity (Wildman–Crippen MR) is 94.6 cm³/mol. The fourth-order valence-corrected chi connectivity index (χ4v) is 2.34. The van der Waals surface area contributed by atoms with E-state index in [4.69, 9.17) is 4.74 Å². The molecule has 0 aliphatic rings. The highest BCUT2D eigenvalue weighted by molar-refractivity contribution is 5.93. The number of H-pyrrole nitrogens is 1. The van der Waals surface area contributed by atoms with Gasteiger partial charge in [0, 0.05) is 23.3 Å². The van der Waals surface area contributed by atoms with Crippen LogP contribution in [0.3, 0.4) is 0 Å². The topological polar surface area (TPSA) is 84.1 Å². The van der Waals surface area contributed by atoms with Gasteiger partial charge in [0.15, 0.2) is 0 Å². The number of pyridine rings is 2. The van der Waals surface area contributed by atoms with Crippen LogP contribution < -0.4 is 15.6 Å². The van der Waals surface area contributed by atoms with Crippen molar-refractivity contribution in [2.45, 2.75) is 0 Å². The highest BCUT2D eigenvalue weighted by atomic mass is 16.5. The van der Waals surface area contributed by atoms with Crippen molar-refractivity contribution < 1.29 is 9.53 Å². The second kappa shape index (κ2) is 7.32. The van der Waals surface area contributed by atoms with Gasteiger partial charge in [0.05, 0.1) is 19.2 Å². The number of carbonyl (C=O) groups is 1. The molecule has 3 aromatic rings. The number of hydrogen-bond acceptors (Lipinski definition) is 4. The molecule has 0 saturated heterocycles. The van der Waals surface area contributed by atoms with E-state index in [9.17, 15) is 9.59 Å². The van der Waals surface area contributed by atoms with Crippen LogP contribution in [0.4, 0.5) is 0 Å². The van der Waals surface area contributed by atoms with E-state index >= 15 is 0 Å². The lowest BCUT2D eigenvalue weighted by Crippen LogP contribution is -2.29. The van der Waals surface area contributed by atoms with Gasteiger partial charge in [0.1, 0.15) is 11.3 Å². The van der Waals surface area contributed by atoms with E-state index in [0.717, 1.165) is 22.2 Å². The molecule has 0 atom stereocenters. The number of rotatable bonds is 3. The van der Waals surface area contributed by atoms with Gasteiger partial charge in [-0.3, -0.25) is 14.6 Å². The molecule has 0 radical (unpaired) electrons. The Morgan fingerprint density at radius 2 is 2.20 bits per heavy atom. The minimum Gasteiger partial charge on any atom is -0.496 e. The van der Waals surface area contributed by atoms with Gasteiger partial charge in [-0.25, -0.2) is 0 Å². The molecule has 6 nitrogen and oxygen atoms in total. The number of ether oxygens (including phenoxy) is 1. The molecule has 2 heterocycles. The lowest BCUT2D eigenvalue weighted by Gasteiger charge is -2.04. The van der Waals surface area contributed by atoms with Crippen LogP contribution in [0.25, 0.3) is 10.9 Å². The molecule has 1 aromatic carbocycles. The Labute approximate surface area is 143 Å². The van der Waals surface area contributed by atoms with E-state index < -0.39 is 11.5 Å². The predicted octanol–water partition coefficient (Wildman–Crippen LogP) is 1.71. The zero-order valence-corrected chi connectivity index (χ0v) is 13.5. The maximum Gasteiger partial charge on any atom is 0.260 e. The molecular formula is C19H15N3O3. The molecule has 1 amide bonds. The number of amides is 1. The van der Waals surface area contributed by atoms with E-state index in [-0.39, 0.29) is 12.1 Å². The van der Waals surface area contributed by atoms with E-state index in [0.29, 0.717) is 0 Å². The molecule has 6 heteroatoms. The van der Waals surface area contributed by atoms with Crippen LogP contribution in [0.2, 0.25) is 0 Å². The first-order chi connectivity index (χ1) is 12.2. The Morgan fingerprint density at radius 3 is 3.00 bits per heavy atom. The number of hydrogen-bond donors (Lipinski definition) is 2. The lowest BCUT2D eigenvalue weighted by molar-refractivity contribution is 0.0957. The van der Waals surface area contributed by atoms with Crippen LogP contribution in [-0.2, 0) is 0 Å². The zero-order valence-electron chi connectivity index (χ0n) is 13.5. The summed E-state index contributed by atoms with van der Waals surface area (Å²) in [6.07, 6.45) is 3.16. The molecule has 0 unspecified atom stereocenters. The maximum absolute atomic E-state index is 11.9. The van der Waals surface area contributed by atoms with Gasteiger partial charge in [-0.2, -0.15) is 0 Å². The monoisotopic (exact) mass is 333 g/mol. The third kappa shape index (κ3) is 3.67. The molecule has 2 aromatic heterocycles. The number of nitrogens with zero attached hydrogens (tertiary/aromatic N) is 1. The summed E-state index contributed by atoms with van der Waals surface area (Å²) in [5, 5.41) is 3.47. The van der Waals surface area contributed by atoms with Gasteiger partial charge < -0.3 is 15.0 Å². The van der Waals surface area contributed by atoms with Gasteiger partial charge >= 0.3 is 0 Å². The Kier molecular flexibility index (Phi) is 4.77. The average Bonchev–Trinajstić information content (AvgIpc) is 2.64. The average molecular weight is 333 g/mol. The number of carbonyl (C=O) groups excluding carboxylic acids is 1. The summed E-state index contributed by atoms with van der Waals surface area (Å²) < 4.78 is 5.32. The molecule has 25 heavy (non-hydrogen) atoms. The van der Waals surface area contributed by atoms with Crippen LogP contribution in [0, 0.1) is 11.8 Å². The van der Waals surface area contributed by atoms with Crippen molar-refractivity contribution in [3.8, 4) is 17.6 Å². The van der Waals surface area contributed by atoms with Crippen LogP contribution in [0.1, 0.15) is 15.9 Å². The summed E-state index contributed by atoms with van der Waals surface area (Å²) in [4.78, 5) is 30.2. The molecule has 0 saturated carbocycles. The van der Waals surface area contributed by atoms with Gasteiger partial charge in [-0.15, -0.1) is 0 Å². The highest BCUT2D eigenvalue weighted by Crippen LogP contribution is 2.24. The number of aromatic nitrogens is 2. The van der Waals surface area contributed by atoms with Crippen LogP contribution in [0.15, 0.2) is 53.6 Å². The van der Waals surface area contributed by atoms with Gasteiger partial charge in [0.25, 0.3) is 11.5 Å². The number of benzene rings is 1. The third-order valence-corrected chi connectivity index (χ3v) is 3.55. The first kappa shape index (κ1) is 16.3. The first-order valence-electron chi connectivity index (χ1n) is 7.56. The summed E-state index contributed by atoms with van der Waals surface area (Å²) in [5.74, 6) is 6.11. The molecule has 2 N–H and O–H groups in total. The summed E-state index contributed by atoms with van der Waals surface area (Å²) in [5.41, 5.74) is 1.24. The van der Waals surface area contributed by atoms with Crippen LogP contribution in [-0.4, -0.2) is 29.5 Å². The van der Waals surface area contributed by atoms with Gasteiger partial charge in [-0.1, -0.05) is 11.8 Å². The molecule has 3 rings (SSSR count). The normalized spacial score (nSPS) is 9.96. The van der Waals surface area contributed by atoms with Crippen LogP contribution >= 0.6 is 0 Å². The highest BCUT2D eigenvalue weighted by Gasteiger charge is 2.07. The fraction of sp³-hybridized carbons (Fsp3) is 0.105. The van der Waals surface area contributed by atoms with Crippen molar-refractivity contribution in [2.75, 3.05) is 13.7 Å². The fourth-order valence-electron chi connectivity index (χ4n) is 2.34. The summed E-state index contributed by atoms with van der Waals surface area (Å²) in [7, 11) is 1.61. The summed E-state index contributed by atoms with van der Waals surface area (Å²) in [6.45, 7) is 0.134. The van der Waals surface area contributed by atoms with Crippen molar-refractivity contribution in [3.05, 3.63) is 70.3 Å². The molecule has 0 aliphatic heterocycles. The number of methoxy groups -OCH3 is 1. The maximum atomic E-state index is 11.9. The Bertz CT molecular complexity index is 1040. The van der Waals surface area contributed by atoms with Crippen molar-refractivity contribution >= 4 is 16.8 Å². The number of aromatic amines is 1. The largest absolute Gasteiger partial charge is 0.496 e. The van der Waals surface area contributed by atoms with Gasteiger partial charge in [0.2, 0.25) is 0 Å². The van der Waals surface area contributed by atoms with Gasteiger partial charge in [-0.05, 0) is 36.4 Å². The smallest absolute Gasteiger partial charge is 0.260 e. The molecule has 0 bridgehead atoms. The Hall–Kier alpha value is -3.59. The van der Waals surface area contributed by atoms with Crippen molar-refractivity contribution in [3.63, 3.8) is 0 Å². The summed E-state index contributed by atoms with van der Waals surface area (Å²) in [6, 6.07) is 10.5. The molecule has 0 spiro atoms. The number of fused-ring (bicyclic) bond motifs is 1. The van der Waals surface area contributed by atoms with E-state index in [1.54, 1.807) is 25.4 Å². The Balaban J connectivity index is 1.72. The minimum absolute atomic E-state index is 0.0609. The first-order valence-corrected chi connectivity index (χ1v) is 7.56. The number of nitrogens with one attached hydrogen (secondary N) is 2. The SMILES string of the molecule is COc1ccnc2ccc(C#CCNC(=O)c3ccc[nH]c3=O)cc12. The van der Waals surface area contributed by atoms with Crippen molar-refractivity contribution in [2.24, 2.45) is 0 Å². The third-order valence-electron chi connectivity index (χ3n) is 3.55. The Morgan fingerprint density at radius 1 is 1.32 bits per heavy atom.